The Labute approximate surface area is 111 Å². The highest BCUT2D eigenvalue weighted by atomic mass is 16.4. The van der Waals surface area contributed by atoms with Crippen LogP contribution in [0.1, 0.15) is 35.0 Å². The zero-order valence-electron chi connectivity index (χ0n) is 10.6. The first kappa shape index (κ1) is 12.0. The topological polar surface area (TPSA) is 62.5 Å². The number of fused-ring (bicyclic) bond motifs is 1. The van der Waals surface area contributed by atoms with E-state index in [9.17, 15) is 9.90 Å². The second-order valence-corrected chi connectivity index (χ2v) is 4.85. The third kappa shape index (κ3) is 2.15. The smallest absolute Gasteiger partial charge is 0.224 e. The number of benzene rings is 1. The number of hydrogen-bond donors (Lipinski definition) is 2. The summed E-state index contributed by atoms with van der Waals surface area (Å²) in [6.45, 7) is 1.98. The van der Waals surface area contributed by atoms with Gasteiger partial charge in [-0.05, 0) is 31.0 Å². The molecule has 0 fully saturated rings. The highest BCUT2D eigenvalue weighted by Crippen LogP contribution is 2.35. The minimum Gasteiger partial charge on any atom is -0.466 e. The van der Waals surface area contributed by atoms with E-state index < -0.39 is 6.10 Å². The number of aliphatic hydroxyl groups is 1. The number of carbonyl (C=O) groups is 1. The van der Waals surface area contributed by atoms with Gasteiger partial charge in [0.25, 0.3) is 0 Å². The Bertz CT molecular complexity index is 617. The number of nitrogens with one attached hydrogen (secondary N) is 1. The first-order chi connectivity index (χ1) is 9.15. The second kappa shape index (κ2) is 4.55. The molecular weight excluding hydrogens is 242 g/mol. The van der Waals surface area contributed by atoms with Crippen molar-refractivity contribution in [1.29, 1.82) is 0 Å². The molecule has 0 spiro atoms. The van der Waals surface area contributed by atoms with E-state index in [0.29, 0.717) is 24.2 Å². The SMILES string of the molecule is Cc1cc2c(c(C(O)c3ccco3)c1)NC(=O)CC2. The van der Waals surface area contributed by atoms with Crippen molar-refractivity contribution in [3.63, 3.8) is 0 Å². The van der Waals surface area contributed by atoms with Gasteiger partial charge in [-0.2, -0.15) is 0 Å². The fourth-order valence-corrected chi connectivity index (χ4v) is 2.51. The van der Waals surface area contributed by atoms with Gasteiger partial charge in [-0.25, -0.2) is 0 Å². The summed E-state index contributed by atoms with van der Waals surface area (Å²) in [4.78, 5) is 11.6. The normalized spacial score (nSPS) is 15.8. The minimum absolute atomic E-state index is 0.00996. The lowest BCUT2D eigenvalue weighted by Gasteiger charge is -2.23. The van der Waals surface area contributed by atoms with Gasteiger partial charge in [-0.15, -0.1) is 0 Å². The number of aryl methyl sites for hydroxylation is 2. The number of rotatable bonds is 2. The molecular formula is C15H15NO3. The third-order valence-corrected chi connectivity index (χ3v) is 3.39. The van der Waals surface area contributed by atoms with Crippen LogP contribution in [-0.2, 0) is 11.2 Å². The molecule has 19 heavy (non-hydrogen) atoms. The molecule has 98 valence electrons. The van der Waals surface area contributed by atoms with Crippen molar-refractivity contribution < 1.29 is 14.3 Å². The predicted molar refractivity (Wildman–Crippen MR) is 70.9 cm³/mol. The summed E-state index contributed by atoms with van der Waals surface area (Å²) >= 11 is 0. The lowest BCUT2D eigenvalue weighted by atomic mass is 9.93. The summed E-state index contributed by atoms with van der Waals surface area (Å²) in [5.41, 5.74) is 3.56. The van der Waals surface area contributed by atoms with Gasteiger partial charge in [-0.1, -0.05) is 17.7 Å². The van der Waals surface area contributed by atoms with E-state index in [-0.39, 0.29) is 5.91 Å². The molecule has 4 nitrogen and oxygen atoms in total. The first-order valence-electron chi connectivity index (χ1n) is 6.30. The van der Waals surface area contributed by atoms with Crippen LogP contribution in [-0.4, -0.2) is 11.0 Å². The lowest BCUT2D eigenvalue weighted by Crippen LogP contribution is -2.21. The number of furan rings is 1. The molecule has 2 aromatic rings. The molecule has 1 aromatic heterocycles. The summed E-state index contributed by atoms with van der Waals surface area (Å²) < 4.78 is 5.24. The van der Waals surface area contributed by atoms with E-state index in [1.807, 2.05) is 19.1 Å². The second-order valence-electron chi connectivity index (χ2n) is 4.85. The maximum atomic E-state index is 11.6. The lowest BCUT2D eigenvalue weighted by molar-refractivity contribution is -0.116. The van der Waals surface area contributed by atoms with Crippen molar-refractivity contribution >= 4 is 11.6 Å². The van der Waals surface area contributed by atoms with Crippen LogP contribution in [0.5, 0.6) is 0 Å². The zero-order valence-corrected chi connectivity index (χ0v) is 10.6. The quantitative estimate of drug-likeness (QED) is 0.869. The molecule has 2 N–H and O–H groups in total. The molecule has 0 bridgehead atoms. The third-order valence-electron chi connectivity index (χ3n) is 3.39. The van der Waals surface area contributed by atoms with Gasteiger partial charge in [0.05, 0.1) is 12.0 Å². The molecule has 3 rings (SSSR count). The Morgan fingerprint density at radius 1 is 1.37 bits per heavy atom. The average molecular weight is 257 g/mol. The summed E-state index contributed by atoms with van der Waals surface area (Å²) in [5.74, 6) is 0.469. The van der Waals surface area contributed by atoms with Crippen molar-refractivity contribution in [1.82, 2.24) is 0 Å². The van der Waals surface area contributed by atoms with Crippen LogP contribution in [0, 0.1) is 6.92 Å². The molecule has 0 radical (unpaired) electrons. The van der Waals surface area contributed by atoms with Gasteiger partial charge in [0.15, 0.2) is 0 Å². The van der Waals surface area contributed by atoms with Crippen molar-refractivity contribution in [2.24, 2.45) is 0 Å². The van der Waals surface area contributed by atoms with Crippen LogP contribution in [0.25, 0.3) is 0 Å². The van der Waals surface area contributed by atoms with Crippen molar-refractivity contribution in [3.8, 4) is 0 Å². The average Bonchev–Trinajstić information content (AvgIpc) is 2.91. The predicted octanol–water partition coefficient (Wildman–Crippen LogP) is 2.55. The highest BCUT2D eigenvalue weighted by molar-refractivity contribution is 5.95. The van der Waals surface area contributed by atoms with Gasteiger partial charge in [0.2, 0.25) is 5.91 Å². The summed E-state index contributed by atoms with van der Waals surface area (Å²) in [6.07, 6.45) is 1.87. The van der Waals surface area contributed by atoms with E-state index in [0.717, 1.165) is 16.8 Å². The molecule has 0 aliphatic carbocycles. The molecule has 0 saturated heterocycles. The van der Waals surface area contributed by atoms with Crippen LogP contribution >= 0.6 is 0 Å². The molecule has 0 saturated carbocycles. The Balaban J connectivity index is 2.10. The number of carbonyl (C=O) groups excluding carboxylic acids is 1. The standard InChI is InChI=1S/C15H15NO3/c1-9-7-10-4-5-13(17)16-14(10)11(8-9)15(18)12-3-2-6-19-12/h2-3,6-8,15,18H,4-5H2,1H3,(H,16,17). The van der Waals surface area contributed by atoms with Gasteiger partial charge in [-0.3, -0.25) is 4.79 Å². The van der Waals surface area contributed by atoms with Gasteiger partial charge < -0.3 is 14.8 Å². The Hall–Kier alpha value is -2.07. The monoisotopic (exact) mass is 257 g/mol. The minimum atomic E-state index is -0.859. The first-order valence-corrected chi connectivity index (χ1v) is 6.30. The molecule has 4 heteroatoms. The fourth-order valence-electron chi connectivity index (χ4n) is 2.51. The van der Waals surface area contributed by atoms with Gasteiger partial charge in [0.1, 0.15) is 11.9 Å². The number of hydrogen-bond acceptors (Lipinski definition) is 3. The highest BCUT2D eigenvalue weighted by Gasteiger charge is 2.24. The Morgan fingerprint density at radius 3 is 2.95 bits per heavy atom. The van der Waals surface area contributed by atoms with Crippen LogP contribution < -0.4 is 5.32 Å². The van der Waals surface area contributed by atoms with E-state index in [1.54, 1.807) is 12.1 Å². The van der Waals surface area contributed by atoms with E-state index in [1.165, 1.54) is 6.26 Å². The Morgan fingerprint density at radius 2 is 2.21 bits per heavy atom. The van der Waals surface area contributed by atoms with Crippen LogP contribution in [0.4, 0.5) is 5.69 Å². The van der Waals surface area contributed by atoms with E-state index in [2.05, 4.69) is 5.32 Å². The fraction of sp³-hybridized carbons (Fsp3) is 0.267. The molecule has 1 amide bonds. The van der Waals surface area contributed by atoms with Crippen molar-refractivity contribution in [3.05, 3.63) is 53.0 Å². The molecule has 1 atom stereocenters. The van der Waals surface area contributed by atoms with Crippen LogP contribution in [0.2, 0.25) is 0 Å². The number of aliphatic hydroxyl groups excluding tert-OH is 1. The van der Waals surface area contributed by atoms with Crippen molar-refractivity contribution in [2.75, 3.05) is 5.32 Å². The van der Waals surface area contributed by atoms with Gasteiger partial charge >= 0.3 is 0 Å². The Kier molecular flexibility index (Phi) is 2.87. The maximum absolute atomic E-state index is 11.6. The largest absolute Gasteiger partial charge is 0.466 e. The van der Waals surface area contributed by atoms with Crippen LogP contribution in [0.3, 0.4) is 0 Å². The molecule has 1 aromatic carbocycles. The zero-order chi connectivity index (χ0) is 13.4. The van der Waals surface area contributed by atoms with E-state index >= 15 is 0 Å². The maximum Gasteiger partial charge on any atom is 0.224 e. The molecule has 1 unspecified atom stereocenters. The van der Waals surface area contributed by atoms with Crippen molar-refractivity contribution in [2.45, 2.75) is 25.9 Å². The van der Waals surface area contributed by atoms with Gasteiger partial charge in [0, 0.05) is 12.0 Å². The summed E-state index contributed by atoms with van der Waals surface area (Å²) in [5, 5.41) is 13.3. The summed E-state index contributed by atoms with van der Waals surface area (Å²) in [6, 6.07) is 7.40. The summed E-state index contributed by atoms with van der Waals surface area (Å²) in [7, 11) is 0. The van der Waals surface area contributed by atoms with E-state index in [4.69, 9.17) is 4.42 Å². The molecule has 1 aliphatic heterocycles. The molecule has 2 heterocycles. The molecule has 1 aliphatic rings. The number of amides is 1. The number of anilines is 1. The van der Waals surface area contributed by atoms with Crippen LogP contribution in [0.15, 0.2) is 34.9 Å².